The van der Waals surface area contributed by atoms with Gasteiger partial charge in [0.05, 0.1) is 26.4 Å². The molecule has 0 bridgehead atoms. The van der Waals surface area contributed by atoms with Gasteiger partial charge in [-0.15, -0.1) is 0 Å². The fraction of sp³-hybridized carbons (Fsp3) is 0.240. The number of nitriles is 1. The summed E-state index contributed by atoms with van der Waals surface area (Å²) in [5.41, 5.74) is 8.28. The molecule has 4 heteroatoms. The molecule has 3 aliphatic rings. The van der Waals surface area contributed by atoms with Crippen LogP contribution < -0.4 is 9.47 Å². The zero-order chi connectivity index (χ0) is 20.0. The number of fused-ring (bicyclic) bond motifs is 5. The van der Waals surface area contributed by atoms with Crippen LogP contribution in [0, 0.1) is 11.3 Å². The lowest BCUT2D eigenvalue weighted by Gasteiger charge is -2.35. The number of rotatable bonds is 2. The molecule has 1 aliphatic heterocycles. The molecule has 0 N–H and O–H groups in total. The Hall–Kier alpha value is -3.45. The van der Waals surface area contributed by atoms with E-state index in [0.717, 1.165) is 59.7 Å². The summed E-state index contributed by atoms with van der Waals surface area (Å²) in [5.74, 6) is 3.41. The average Bonchev–Trinajstić information content (AvgIpc) is 2.77. The van der Waals surface area contributed by atoms with Crippen molar-refractivity contribution in [1.82, 2.24) is 0 Å². The van der Waals surface area contributed by atoms with Gasteiger partial charge in [0.15, 0.2) is 0 Å². The van der Waals surface area contributed by atoms with E-state index >= 15 is 0 Å². The van der Waals surface area contributed by atoms with Crippen LogP contribution in [-0.4, -0.2) is 14.2 Å². The van der Waals surface area contributed by atoms with Crippen LogP contribution in [0.25, 0.3) is 11.1 Å². The van der Waals surface area contributed by atoms with Crippen LogP contribution in [0.1, 0.15) is 35.1 Å². The minimum absolute atomic E-state index is 0.689. The maximum absolute atomic E-state index is 9.32. The average molecular weight is 383 g/mol. The van der Waals surface area contributed by atoms with Crippen LogP contribution >= 0.6 is 0 Å². The summed E-state index contributed by atoms with van der Waals surface area (Å²) < 4.78 is 17.4. The first-order valence-corrected chi connectivity index (χ1v) is 9.83. The van der Waals surface area contributed by atoms with Crippen LogP contribution in [0.3, 0.4) is 0 Å². The topological polar surface area (TPSA) is 51.5 Å². The zero-order valence-electron chi connectivity index (χ0n) is 16.5. The minimum Gasteiger partial charge on any atom is -0.497 e. The van der Waals surface area contributed by atoms with Crippen LogP contribution in [0.4, 0.5) is 0 Å². The third-order valence-electron chi connectivity index (χ3n) is 6.01. The molecule has 0 saturated heterocycles. The minimum atomic E-state index is 0.689. The summed E-state index contributed by atoms with van der Waals surface area (Å²) in [7, 11) is 3.42. The molecule has 144 valence electrons. The van der Waals surface area contributed by atoms with Gasteiger partial charge in [-0.1, -0.05) is 18.2 Å². The number of hydrogen-bond acceptors (Lipinski definition) is 4. The van der Waals surface area contributed by atoms with E-state index in [1.165, 1.54) is 28.3 Å². The van der Waals surface area contributed by atoms with Gasteiger partial charge >= 0.3 is 0 Å². The Morgan fingerprint density at radius 3 is 2.66 bits per heavy atom. The standard InChI is InChI=1S/C25H21NO3/c1-27-16-7-9-17-15(14-16)6-8-20-22(12-13-26)29-23-11-10-18-19(25(23)24(17)20)4-3-5-21(18)28-2/h3-5,7,9,12,14H,6,8,10-11H2,1-2H3/b22-12-. The van der Waals surface area contributed by atoms with Gasteiger partial charge in [-0.3, -0.25) is 0 Å². The molecule has 0 aromatic heterocycles. The Balaban J connectivity index is 1.79. The van der Waals surface area contributed by atoms with E-state index in [4.69, 9.17) is 14.2 Å². The first kappa shape index (κ1) is 17.6. The highest BCUT2D eigenvalue weighted by molar-refractivity contribution is 6.11. The molecule has 29 heavy (non-hydrogen) atoms. The van der Waals surface area contributed by atoms with Gasteiger partial charge < -0.3 is 14.2 Å². The van der Waals surface area contributed by atoms with Crippen molar-refractivity contribution in [3.8, 4) is 17.6 Å². The predicted octanol–water partition coefficient (Wildman–Crippen LogP) is 5.20. The van der Waals surface area contributed by atoms with Gasteiger partial charge in [-0.25, -0.2) is 0 Å². The summed E-state index contributed by atoms with van der Waals surface area (Å²) in [6.45, 7) is 0. The molecule has 0 spiro atoms. The summed E-state index contributed by atoms with van der Waals surface area (Å²) in [5, 5.41) is 9.32. The maximum Gasteiger partial charge on any atom is 0.141 e. The molecule has 2 aliphatic carbocycles. The first-order valence-electron chi connectivity index (χ1n) is 9.83. The van der Waals surface area contributed by atoms with Crippen molar-refractivity contribution in [2.24, 2.45) is 0 Å². The highest BCUT2D eigenvalue weighted by Crippen LogP contribution is 2.52. The van der Waals surface area contributed by atoms with Crippen molar-refractivity contribution in [2.75, 3.05) is 14.2 Å². The summed E-state index contributed by atoms with van der Waals surface area (Å²) in [6, 6.07) is 14.6. The van der Waals surface area contributed by atoms with E-state index in [9.17, 15) is 5.26 Å². The lowest BCUT2D eigenvalue weighted by molar-refractivity contribution is 0.293. The number of hydrogen-bond donors (Lipinski definition) is 0. The second kappa shape index (κ2) is 6.86. The van der Waals surface area contributed by atoms with Crippen molar-refractivity contribution in [2.45, 2.75) is 25.7 Å². The highest BCUT2D eigenvalue weighted by atomic mass is 16.5. The highest BCUT2D eigenvalue weighted by Gasteiger charge is 2.35. The Bertz CT molecular complexity index is 1160. The van der Waals surface area contributed by atoms with Gasteiger partial charge in [0.1, 0.15) is 23.0 Å². The van der Waals surface area contributed by atoms with Crippen molar-refractivity contribution in [1.29, 1.82) is 5.26 Å². The van der Waals surface area contributed by atoms with Crippen LogP contribution in [-0.2, 0) is 17.6 Å². The third-order valence-corrected chi connectivity index (χ3v) is 6.01. The molecular weight excluding hydrogens is 362 g/mol. The molecule has 0 amide bonds. The van der Waals surface area contributed by atoms with Gasteiger partial charge in [-0.2, -0.15) is 5.26 Å². The Morgan fingerprint density at radius 1 is 0.966 bits per heavy atom. The number of allylic oxidation sites excluding steroid dienone is 5. The first-order chi connectivity index (χ1) is 14.2. The molecule has 4 nitrogen and oxygen atoms in total. The molecular formula is C25H21NO3. The second-order valence-electron chi connectivity index (χ2n) is 7.40. The lowest BCUT2D eigenvalue weighted by Crippen LogP contribution is -2.19. The quantitative estimate of drug-likeness (QED) is 0.669. The predicted molar refractivity (Wildman–Crippen MR) is 111 cm³/mol. The third kappa shape index (κ3) is 2.66. The summed E-state index contributed by atoms with van der Waals surface area (Å²) >= 11 is 0. The van der Waals surface area contributed by atoms with Crippen LogP contribution in [0.15, 0.2) is 59.6 Å². The van der Waals surface area contributed by atoms with Gasteiger partial charge in [0.2, 0.25) is 0 Å². The largest absolute Gasteiger partial charge is 0.497 e. The normalized spacial score (nSPS) is 18.2. The van der Waals surface area contributed by atoms with Crippen molar-refractivity contribution >= 4 is 11.1 Å². The summed E-state index contributed by atoms with van der Waals surface area (Å²) in [4.78, 5) is 0. The van der Waals surface area contributed by atoms with Crippen molar-refractivity contribution in [3.63, 3.8) is 0 Å². The SMILES string of the molecule is COc1ccc2c(c1)CCC1=C2C2=C(CCc3c(OC)cccc32)O/C1=C\C#N. The molecule has 1 heterocycles. The number of aryl methyl sites for hydroxylation is 1. The van der Waals surface area contributed by atoms with Gasteiger partial charge in [0, 0.05) is 28.7 Å². The van der Waals surface area contributed by atoms with Crippen LogP contribution in [0.2, 0.25) is 0 Å². The molecule has 5 rings (SSSR count). The zero-order valence-corrected chi connectivity index (χ0v) is 16.5. The monoisotopic (exact) mass is 383 g/mol. The number of nitrogens with zero attached hydrogens (tertiary/aromatic N) is 1. The smallest absolute Gasteiger partial charge is 0.141 e. The Kier molecular flexibility index (Phi) is 4.17. The molecule has 2 aromatic carbocycles. The number of ether oxygens (including phenoxy) is 3. The van der Waals surface area contributed by atoms with Crippen molar-refractivity contribution in [3.05, 3.63) is 81.8 Å². The van der Waals surface area contributed by atoms with Crippen molar-refractivity contribution < 1.29 is 14.2 Å². The van der Waals surface area contributed by atoms with E-state index in [2.05, 4.69) is 24.3 Å². The molecule has 0 fully saturated rings. The Morgan fingerprint density at radius 2 is 1.86 bits per heavy atom. The number of benzene rings is 2. The van der Waals surface area contributed by atoms with E-state index in [-0.39, 0.29) is 0 Å². The molecule has 0 atom stereocenters. The maximum atomic E-state index is 9.32. The summed E-state index contributed by atoms with van der Waals surface area (Å²) in [6.07, 6.45) is 4.91. The van der Waals surface area contributed by atoms with E-state index < -0.39 is 0 Å². The molecule has 2 aromatic rings. The van der Waals surface area contributed by atoms with Crippen LogP contribution in [0.5, 0.6) is 11.5 Å². The fourth-order valence-electron chi connectivity index (χ4n) is 4.74. The molecule has 0 saturated carbocycles. The van der Waals surface area contributed by atoms with Gasteiger partial charge in [0.25, 0.3) is 0 Å². The van der Waals surface area contributed by atoms with Gasteiger partial charge in [-0.05, 0) is 54.2 Å². The lowest BCUT2D eigenvalue weighted by atomic mass is 9.74. The van der Waals surface area contributed by atoms with E-state index in [1.54, 1.807) is 14.2 Å². The fourth-order valence-corrected chi connectivity index (χ4v) is 4.74. The second-order valence-corrected chi connectivity index (χ2v) is 7.40. The molecule has 0 radical (unpaired) electrons. The van der Waals surface area contributed by atoms with E-state index in [1.807, 2.05) is 18.2 Å². The number of methoxy groups -OCH3 is 2. The molecule has 0 unspecified atom stereocenters. The Labute approximate surface area is 170 Å². The van der Waals surface area contributed by atoms with E-state index in [0.29, 0.717) is 5.76 Å².